The van der Waals surface area contributed by atoms with Crippen LogP contribution in [0.1, 0.15) is 62.8 Å². The van der Waals surface area contributed by atoms with Crippen molar-refractivity contribution in [1.82, 2.24) is 14.5 Å². The van der Waals surface area contributed by atoms with Crippen LogP contribution < -0.4 is 10.0 Å². The summed E-state index contributed by atoms with van der Waals surface area (Å²) in [7, 11) is -4.07. The molecule has 0 aliphatic heterocycles. The molecular weight excluding hydrogens is 400 g/mol. The van der Waals surface area contributed by atoms with Gasteiger partial charge in [-0.1, -0.05) is 25.4 Å². The number of hydrogen-bond donors (Lipinski definition) is 2. The summed E-state index contributed by atoms with van der Waals surface area (Å²) in [4.78, 5) is 12.5. The van der Waals surface area contributed by atoms with E-state index in [0.29, 0.717) is 10.7 Å². The first-order chi connectivity index (χ1) is 13.1. The first kappa shape index (κ1) is 20.7. The van der Waals surface area contributed by atoms with E-state index in [-0.39, 0.29) is 17.0 Å². The fourth-order valence-corrected chi connectivity index (χ4v) is 4.59. The fourth-order valence-electron chi connectivity index (χ4n) is 3.42. The minimum Gasteiger partial charge on any atom is -0.307 e. The second kappa shape index (κ2) is 7.75. The van der Waals surface area contributed by atoms with Gasteiger partial charge in [0.05, 0.1) is 0 Å². The fraction of sp³-hybridized carbons (Fsp3) is 0.474. The largest absolute Gasteiger partial charge is 0.333 e. The maximum Gasteiger partial charge on any atom is 0.333 e. The minimum absolute atomic E-state index is 0.0167. The van der Waals surface area contributed by atoms with Gasteiger partial charge in [-0.3, -0.25) is 4.68 Å². The molecule has 0 fully saturated rings. The monoisotopic (exact) mass is 424 g/mol. The summed E-state index contributed by atoms with van der Waals surface area (Å²) in [5, 5.41) is 7.29. The molecule has 28 heavy (non-hydrogen) atoms. The molecule has 2 amide bonds. The van der Waals surface area contributed by atoms with Gasteiger partial charge < -0.3 is 5.32 Å². The summed E-state index contributed by atoms with van der Waals surface area (Å²) in [6, 6.07) is 2.44. The number of amides is 2. The molecule has 0 spiro atoms. The highest BCUT2D eigenvalue weighted by Crippen LogP contribution is 2.39. The SMILES string of the molecule is CC(C)c1cc(Cl)c2c(c1NC(=O)NS(=O)(=O)c1ccn(C(C)C)n1)CCC2. The summed E-state index contributed by atoms with van der Waals surface area (Å²) in [5.74, 6) is 0.122. The number of nitrogens with one attached hydrogen (secondary N) is 2. The zero-order valence-electron chi connectivity index (χ0n) is 16.4. The van der Waals surface area contributed by atoms with Crippen molar-refractivity contribution in [3.05, 3.63) is 40.0 Å². The van der Waals surface area contributed by atoms with E-state index >= 15 is 0 Å². The number of carbonyl (C=O) groups excluding carboxylic acids is 1. The van der Waals surface area contributed by atoms with E-state index in [1.54, 1.807) is 6.20 Å². The molecule has 3 rings (SSSR count). The third-order valence-corrected chi connectivity index (χ3v) is 6.41. The molecule has 0 saturated heterocycles. The van der Waals surface area contributed by atoms with Crippen LogP contribution >= 0.6 is 11.6 Å². The molecule has 0 radical (unpaired) electrons. The lowest BCUT2D eigenvalue weighted by Gasteiger charge is -2.19. The summed E-state index contributed by atoms with van der Waals surface area (Å²) in [5.41, 5.74) is 3.57. The van der Waals surface area contributed by atoms with Gasteiger partial charge in [-0.05, 0) is 67.9 Å². The number of nitrogens with zero attached hydrogens (tertiary/aromatic N) is 2. The van der Waals surface area contributed by atoms with Crippen LogP contribution in [0.4, 0.5) is 10.5 Å². The highest BCUT2D eigenvalue weighted by atomic mass is 35.5. The number of aromatic nitrogens is 2. The Bertz CT molecular complexity index is 1010. The summed E-state index contributed by atoms with van der Waals surface area (Å²) >= 11 is 6.41. The zero-order chi connectivity index (χ0) is 20.6. The lowest BCUT2D eigenvalue weighted by atomic mass is 9.95. The molecular formula is C19H25ClN4O3S. The van der Waals surface area contributed by atoms with Crippen molar-refractivity contribution in [3.8, 4) is 0 Å². The highest BCUT2D eigenvalue weighted by Gasteiger charge is 2.26. The van der Waals surface area contributed by atoms with Crippen molar-refractivity contribution >= 4 is 33.3 Å². The van der Waals surface area contributed by atoms with Crippen molar-refractivity contribution < 1.29 is 13.2 Å². The number of halogens is 1. The van der Waals surface area contributed by atoms with Crippen molar-refractivity contribution in [2.75, 3.05) is 5.32 Å². The van der Waals surface area contributed by atoms with Gasteiger partial charge in [-0.25, -0.2) is 9.52 Å². The average molecular weight is 425 g/mol. The second-order valence-corrected chi connectivity index (χ2v) is 9.61. The summed E-state index contributed by atoms with van der Waals surface area (Å²) < 4.78 is 28.6. The Morgan fingerprint density at radius 3 is 2.50 bits per heavy atom. The van der Waals surface area contributed by atoms with Crippen LogP contribution in [0.15, 0.2) is 23.4 Å². The van der Waals surface area contributed by atoms with E-state index in [1.807, 2.05) is 33.8 Å². The normalized spacial score (nSPS) is 13.8. The number of sulfonamides is 1. The van der Waals surface area contributed by atoms with Crippen LogP contribution in [0.25, 0.3) is 0 Å². The van der Waals surface area contributed by atoms with Gasteiger partial charge >= 0.3 is 6.03 Å². The smallest absolute Gasteiger partial charge is 0.307 e. The molecule has 7 nitrogen and oxygen atoms in total. The predicted octanol–water partition coefficient (Wildman–Crippen LogP) is 4.24. The number of rotatable bonds is 5. The van der Waals surface area contributed by atoms with E-state index in [0.717, 1.165) is 36.0 Å². The number of fused-ring (bicyclic) bond motifs is 1. The standard InChI is InChI=1S/C19H25ClN4O3S/c1-11(2)15-10-16(20)13-6-5-7-14(13)18(15)21-19(25)23-28(26,27)17-8-9-24(22-17)12(3)4/h8-12H,5-7H2,1-4H3,(H2,21,23,25). The van der Waals surface area contributed by atoms with Crippen LogP contribution in [0.2, 0.25) is 5.02 Å². The first-order valence-electron chi connectivity index (χ1n) is 9.33. The number of carbonyl (C=O) groups is 1. The molecule has 2 N–H and O–H groups in total. The Hall–Kier alpha value is -2.06. The molecule has 0 atom stereocenters. The first-order valence-corrected chi connectivity index (χ1v) is 11.2. The van der Waals surface area contributed by atoms with E-state index in [4.69, 9.17) is 11.6 Å². The molecule has 0 saturated carbocycles. The molecule has 0 unspecified atom stereocenters. The average Bonchev–Trinajstić information content (AvgIpc) is 3.26. The highest BCUT2D eigenvalue weighted by molar-refractivity contribution is 7.90. The van der Waals surface area contributed by atoms with Gasteiger partial charge in [0.15, 0.2) is 5.03 Å². The van der Waals surface area contributed by atoms with E-state index in [1.165, 1.54) is 10.7 Å². The predicted molar refractivity (Wildman–Crippen MR) is 110 cm³/mol. The number of hydrogen-bond acceptors (Lipinski definition) is 4. The van der Waals surface area contributed by atoms with Crippen LogP contribution in [0.3, 0.4) is 0 Å². The van der Waals surface area contributed by atoms with E-state index < -0.39 is 16.1 Å². The molecule has 1 aliphatic rings. The van der Waals surface area contributed by atoms with Crippen LogP contribution in [0.5, 0.6) is 0 Å². The Labute approximate surface area is 170 Å². The van der Waals surface area contributed by atoms with Crippen LogP contribution in [0, 0.1) is 0 Å². The molecule has 152 valence electrons. The number of benzene rings is 1. The lowest BCUT2D eigenvalue weighted by molar-refractivity contribution is 0.256. The maximum atomic E-state index is 12.5. The van der Waals surface area contributed by atoms with Gasteiger partial charge in [0.2, 0.25) is 0 Å². The van der Waals surface area contributed by atoms with Gasteiger partial charge in [0, 0.05) is 22.9 Å². The molecule has 0 bridgehead atoms. The molecule has 1 heterocycles. The maximum absolute atomic E-state index is 12.5. The van der Waals surface area contributed by atoms with Gasteiger partial charge in [0.1, 0.15) is 0 Å². The molecule has 9 heteroatoms. The lowest BCUT2D eigenvalue weighted by Crippen LogP contribution is -2.35. The molecule has 1 aromatic carbocycles. The third-order valence-electron chi connectivity index (χ3n) is 4.85. The Morgan fingerprint density at radius 1 is 1.21 bits per heavy atom. The Kier molecular flexibility index (Phi) is 5.72. The van der Waals surface area contributed by atoms with E-state index in [2.05, 4.69) is 15.1 Å². The van der Waals surface area contributed by atoms with Crippen molar-refractivity contribution in [2.45, 2.75) is 63.9 Å². The minimum atomic E-state index is -4.07. The topological polar surface area (TPSA) is 93.1 Å². The van der Waals surface area contributed by atoms with Gasteiger partial charge in [-0.2, -0.15) is 13.5 Å². The van der Waals surface area contributed by atoms with Crippen LogP contribution in [-0.2, 0) is 22.9 Å². The molecule has 2 aromatic rings. The number of anilines is 1. The van der Waals surface area contributed by atoms with Crippen LogP contribution in [-0.4, -0.2) is 24.2 Å². The Morgan fingerprint density at radius 2 is 1.89 bits per heavy atom. The Balaban J connectivity index is 1.86. The molecule has 1 aliphatic carbocycles. The molecule has 1 aromatic heterocycles. The zero-order valence-corrected chi connectivity index (χ0v) is 18.0. The van der Waals surface area contributed by atoms with Crippen molar-refractivity contribution in [3.63, 3.8) is 0 Å². The van der Waals surface area contributed by atoms with Crippen molar-refractivity contribution in [2.24, 2.45) is 0 Å². The van der Waals surface area contributed by atoms with Gasteiger partial charge in [-0.15, -0.1) is 0 Å². The second-order valence-electron chi connectivity index (χ2n) is 7.58. The van der Waals surface area contributed by atoms with E-state index in [9.17, 15) is 13.2 Å². The van der Waals surface area contributed by atoms with Gasteiger partial charge in [0.25, 0.3) is 10.0 Å². The summed E-state index contributed by atoms with van der Waals surface area (Å²) in [6.45, 7) is 7.78. The quantitative estimate of drug-likeness (QED) is 0.750. The van der Waals surface area contributed by atoms with Crippen molar-refractivity contribution in [1.29, 1.82) is 0 Å². The third kappa shape index (κ3) is 4.03. The number of urea groups is 1. The summed E-state index contributed by atoms with van der Waals surface area (Å²) in [6.07, 6.45) is 4.18.